The molecule has 0 radical (unpaired) electrons. The van der Waals surface area contributed by atoms with Crippen LogP contribution in [0.1, 0.15) is 65.3 Å². The molecule has 0 aliphatic heterocycles. The zero-order chi connectivity index (χ0) is 28.3. The minimum atomic E-state index is -0.833. The van der Waals surface area contributed by atoms with E-state index in [-0.39, 0.29) is 16.9 Å². The molecule has 2 unspecified atom stereocenters. The van der Waals surface area contributed by atoms with Crippen LogP contribution in [-0.4, -0.2) is 31.0 Å². The number of halogens is 1. The molecule has 0 saturated carbocycles. The molecule has 7 nitrogen and oxygen atoms in total. The summed E-state index contributed by atoms with van der Waals surface area (Å²) in [7, 11) is 1.29. The fraction of sp³-hybridized carbons (Fsp3) is 0.367. The summed E-state index contributed by atoms with van der Waals surface area (Å²) >= 11 is 7.48. The third-order valence-corrected chi connectivity index (χ3v) is 8.42. The fourth-order valence-corrected chi connectivity index (χ4v) is 6.24. The number of hydrogen-bond acceptors (Lipinski definition) is 6. The summed E-state index contributed by atoms with van der Waals surface area (Å²) in [5.41, 5.74) is 2.07. The number of fused-ring (bicyclic) bond motifs is 1. The summed E-state index contributed by atoms with van der Waals surface area (Å²) in [4.78, 5) is 40.3. The number of carbonyl (C=O) groups excluding carboxylic acids is 3. The molecule has 0 bridgehead atoms. The molecule has 2 aromatic carbocycles. The van der Waals surface area contributed by atoms with Gasteiger partial charge < -0.3 is 20.1 Å². The number of hydrogen-bond donors (Lipinski definition) is 2. The molecule has 39 heavy (non-hydrogen) atoms. The summed E-state index contributed by atoms with van der Waals surface area (Å²) < 4.78 is 10.7. The first-order valence-electron chi connectivity index (χ1n) is 12.8. The SMILES string of the molecule is COC(=O)c1ccccc1NC(=O)c1c(NC(=O)C(C)Oc2cccc(Cl)c2)sc2c1CCC(C(C)(C)C)C2. The molecule has 1 aliphatic carbocycles. The quantitative estimate of drug-likeness (QED) is 0.299. The Labute approximate surface area is 237 Å². The highest BCUT2D eigenvalue weighted by Gasteiger charge is 2.34. The Kier molecular flexibility index (Phi) is 8.67. The van der Waals surface area contributed by atoms with Gasteiger partial charge in [0.2, 0.25) is 0 Å². The second kappa shape index (κ2) is 11.8. The lowest BCUT2D eigenvalue weighted by Crippen LogP contribution is -2.31. The van der Waals surface area contributed by atoms with Gasteiger partial charge in [0.15, 0.2) is 6.10 Å². The summed E-state index contributed by atoms with van der Waals surface area (Å²) in [6.07, 6.45) is 1.65. The minimum absolute atomic E-state index is 0.117. The van der Waals surface area contributed by atoms with Crippen molar-refractivity contribution < 1.29 is 23.9 Å². The van der Waals surface area contributed by atoms with Crippen LogP contribution in [0, 0.1) is 11.3 Å². The van der Waals surface area contributed by atoms with Crippen molar-refractivity contribution in [2.24, 2.45) is 11.3 Å². The fourth-order valence-electron chi connectivity index (χ4n) is 4.73. The van der Waals surface area contributed by atoms with Crippen molar-refractivity contribution in [2.45, 2.75) is 53.1 Å². The second-order valence-corrected chi connectivity index (χ2v) is 12.3. The van der Waals surface area contributed by atoms with Gasteiger partial charge in [-0.3, -0.25) is 9.59 Å². The molecule has 3 aromatic rings. The van der Waals surface area contributed by atoms with Gasteiger partial charge in [-0.05, 0) is 73.4 Å². The molecular formula is C30H33ClN2O5S. The zero-order valence-electron chi connectivity index (χ0n) is 22.7. The van der Waals surface area contributed by atoms with Gasteiger partial charge in [-0.25, -0.2) is 4.79 Å². The lowest BCUT2D eigenvalue weighted by molar-refractivity contribution is -0.122. The van der Waals surface area contributed by atoms with E-state index in [0.717, 1.165) is 29.7 Å². The van der Waals surface area contributed by atoms with Crippen molar-refractivity contribution in [2.75, 3.05) is 17.7 Å². The maximum Gasteiger partial charge on any atom is 0.339 e. The van der Waals surface area contributed by atoms with Gasteiger partial charge in [0, 0.05) is 9.90 Å². The van der Waals surface area contributed by atoms with E-state index in [1.807, 2.05) is 0 Å². The number of para-hydroxylation sites is 1. The normalized spacial score (nSPS) is 15.6. The first-order valence-corrected chi connectivity index (χ1v) is 14.0. The van der Waals surface area contributed by atoms with E-state index in [4.69, 9.17) is 21.1 Å². The predicted molar refractivity (Wildman–Crippen MR) is 155 cm³/mol. The van der Waals surface area contributed by atoms with Crippen molar-refractivity contribution in [3.8, 4) is 5.75 Å². The molecular weight excluding hydrogens is 536 g/mol. The van der Waals surface area contributed by atoms with Crippen LogP contribution in [0.25, 0.3) is 0 Å². The maximum absolute atomic E-state index is 13.7. The molecule has 0 fully saturated rings. The van der Waals surface area contributed by atoms with Crippen molar-refractivity contribution >= 4 is 51.4 Å². The number of carbonyl (C=O) groups is 3. The maximum atomic E-state index is 13.7. The molecule has 1 aromatic heterocycles. The highest BCUT2D eigenvalue weighted by Crippen LogP contribution is 2.44. The van der Waals surface area contributed by atoms with E-state index in [1.165, 1.54) is 18.4 Å². The van der Waals surface area contributed by atoms with E-state index in [1.54, 1.807) is 55.5 Å². The Morgan fingerprint density at radius 2 is 1.82 bits per heavy atom. The van der Waals surface area contributed by atoms with Crippen LogP contribution in [0.4, 0.5) is 10.7 Å². The molecule has 1 aliphatic rings. The number of methoxy groups -OCH3 is 1. The van der Waals surface area contributed by atoms with E-state index in [2.05, 4.69) is 31.4 Å². The number of benzene rings is 2. The second-order valence-electron chi connectivity index (χ2n) is 10.7. The third-order valence-electron chi connectivity index (χ3n) is 7.01. The lowest BCUT2D eigenvalue weighted by Gasteiger charge is -2.33. The van der Waals surface area contributed by atoms with Gasteiger partial charge in [0.1, 0.15) is 10.8 Å². The Hall–Kier alpha value is -3.36. The van der Waals surface area contributed by atoms with Crippen LogP contribution in [-0.2, 0) is 22.4 Å². The summed E-state index contributed by atoms with van der Waals surface area (Å²) in [6.45, 7) is 8.33. The molecule has 2 amide bonds. The predicted octanol–water partition coefficient (Wildman–Crippen LogP) is 7.00. The molecule has 0 saturated heterocycles. The van der Waals surface area contributed by atoms with Crippen molar-refractivity contribution in [1.29, 1.82) is 0 Å². The standard InChI is InChI=1S/C30H33ClN2O5S/c1-17(38-20-10-8-9-19(31)16-20)26(34)33-28-25(22-14-13-18(30(2,3)4)15-24(22)39-28)27(35)32-23-12-7-6-11-21(23)29(36)37-5/h6-12,16-18H,13-15H2,1-5H3,(H,32,35)(H,33,34). The Bertz CT molecular complexity index is 1390. The molecule has 9 heteroatoms. The number of anilines is 2. The van der Waals surface area contributed by atoms with Crippen LogP contribution >= 0.6 is 22.9 Å². The molecule has 0 spiro atoms. The largest absolute Gasteiger partial charge is 0.481 e. The van der Waals surface area contributed by atoms with Gasteiger partial charge in [-0.15, -0.1) is 11.3 Å². The molecule has 2 atom stereocenters. The molecule has 206 valence electrons. The van der Waals surface area contributed by atoms with E-state index in [0.29, 0.717) is 32.9 Å². The summed E-state index contributed by atoms with van der Waals surface area (Å²) in [5, 5.41) is 6.79. The summed E-state index contributed by atoms with van der Waals surface area (Å²) in [6, 6.07) is 13.5. The average Bonchev–Trinajstić information content (AvgIpc) is 3.25. The Morgan fingerprint density at radius 1 is 1.08 bits per heavy atom. The topological polar surface area (TPSA) is 93.7 Å². The van der Waals surface area contributed by atoms with Crippen LogP contribution in [0.3, 0.4) is 0 Å². The summed E-state index contributed by atoms with van der Waals surface area (Å²) in [5.74, 6) is -0.400. The average molecular weight is 569 g/mol. The number of rotatable bonds is 7. The van der Waals surface area contributed by atoms with Crippen molar-refractivity contribution in [3.05, 3.63) is 75.1 Å². The number of esters is 1. The Morgan fingerprint density at radius 3 is 2.51 bits per heavy atom. The lowest BCUT2D eigenvalue weighted by atomic mass is 9.72. The third kappa shape index (κ3) is 6.62. The van der Waals surface area contributed by atoms with Crippen LogP contribution in [0.5, 0.6) is 5.75 Å². The highest BCUT2D eigenvalue weighted by atomic mass is 35.5. The van der Waals surface area contributed by atoms with E-state index in [9.17, 15) is 14.4 Å². The van der Waals surface area contributed by atoms with Crippen LogP contribution in [0.15, 0.2) is 48.5 Å². The van der Waals surface area contributed by atoms with E-state index < -0.39 is 18.0 Å². The van der Waals surface area contributed by atoms with Crippen LogP contribution in [0.2, 0.25) is 5.02 Å². The first-order chi connectivity index (χ1) is 18.5. The number of ether oxygens (including phenoxy) is 2. The molecule has 2 N–H and O–H groups in total. The minimum Gasteiger partial charge on any atom is -0.481 e. The number of amides is 2. The highest BCUT2D eigenvalue weighted by molar-refractivity contribution is 7.17. The van der Waals surface area contributed by atoms with Gasteiger partial charge in [-0.2, -0.15) is 0 Å². The monoisotopic (exact) mass is 568 g/mol. The number of thiophene rings is 1. The van der Waals surface area contributed by atoms with Crippen LogP contribution < -0.4 is 15.4 Å². The molecule has 1 heterocycles. The first kappa shape index (κ1) is 28.6. The Balaban J connectivity index is 1.64. The van der Waals surface area contributed by atoms with Gasteiger partial charge >= 0.3 is 5.97 Å². The zero-order valence-corrected chi connectivity index (χ0v) is 24.3. The van der Waals surface area contributed by atoms with Gasteiger partial charge in [0.25, 0.3) is 11.8 Å². The van der Waals surface area contributed by atoms with Gasteiger partial charge in [-0.1, -0.05) is 50.6 Å². The van der Waals surface area contributed by atoms with E-state index >= 15 is 0 Å². The van der Waals surface area contributed by atoms with Crippen molar-refractivity contribution in [3.63, 3.8) is 0 Å². The van der Waals surface area contributed by atoms with Gasteiger partial charge in [0.05, 0.1) is 23.9 Å². The smallest absolute Gasteiger partial charge is 0.339 e. The number of nitrogens with one attached hydrogen (secondary N) is 2. The molecule has 4 rings (SSSR count). The van der Waals surface area contributed by atoms with Crippen molar-refractivity contribution in [1.82, 2.24) is 0 Å².